The Balaban J connectivity index is 2.78. The lowest BCUT2D eigenvalue weighted by Crippen LogP contribution is -2.10. The van der Waals surface area contributed by atoms with Crippen LogP contribution in [0.15, 0.2) is 22.7 Å². The second-order valence-electron chi connectivity index (χ2n) is 2.68. The SMILES string of the molecule is COc1c(C(N)=O)oc2cccnc12. The number of rotatable bonds is 2. The molecule has 72 valence electrons. The number of carbonyl (C=O) groups excluding carboxylic acids is 1. The van der Waals surface area contributed by atoms with Crippen molar-refractivity contribution in [1.82, 2.24) is 4.98 Å². The Kier molecular flexibility index (Phi) is 1.85. The molecule has 0 aliphatic rings. The summed E-state index contributed by atoms with van der Waals surface area (Å²) in [5.41, 5.74) is 6.10. The van der Waals surface area contributed by atoms with Crippen molar-refractivity contribution >= 4 is 17.0 Å². The Hall–Kier alpha value is -2.04. The molecule has 2 heterocycles. The average Bonchev–Trinajstić information content (AvgIpc) is 2.56. The van der Waals surface area contributed by atoms with Gasteiger partial charge in [0.15, 0.2) is 16.8 Å². The first-order valence-corrected chi connectivity index (χ1v) is 3.95. The first-order chi connectivity index (χ1) is 6.74. The summed E-state index contributed by atoms with van der Waals surface area (Å²) >= 11 is 0. The van der Waals surface area contributed by atoms with Crippen LogP contribution in [0.25, 0.3) is 11.1 Å². The number of aromatic nitrogens is 1. The van der Waals surface area contributed by atoms with Gasteiger partial charge in [0.05, 0.1) is 7.11 Å². The van der Waals surface area contributed by atoms with E-state index in [1.165, 1.54) is 7.11 Å². The van der Waals surface area contributed by atoms with Crippen molar-refractivity contribution in [2.45, 2.75) is 0 Å². The van der Waals surface area contributed by atoms with Crippen LogP contribution in [0.3, 0.4) is 0 Å². The van der Waals surface area contributed by atoms with Crippen molar-refractivity contribution in [2.24, 2.45) is 5.73 Å². The molecular weight excluding hydrogens is 184 g/mol. The van der Waals surface area contributed by atoms with E-state index >= 15 is 0 Å². The van der Waals surface area contributed by atoms with Crippen molar-refractivity contribution < 1.29 is 13.9 Å². The van der Waals surface area contributed by atoms with E-state index in [4.69, 9.17) is 14.9 Å². The second kappa shape index (κ2) is 3.02. The maximum atomic E-state index is 11.0. The van der Waals surface area contributed by atoms with Crippen LogP contribution in [0.5, 0.6) is 5.75 Å². The highest BCUT2D eigenvalue weighted by molar-refractivity contribution is 5.99. The number of nitrogens with zero attached hydrogens (tertiary/aromatic N) is 1. The smallest absolute Gasteiger partial charge is 0.288 e. The Bertz CT molecular complexity index is 490. The lowest BCUT2D eigenvalue weighted by atomic mass is 10.3. The third kappa shape index (κ3) is 1.10. The number of hydrogen-bond acceptors (Lipinski definition) is 4. The molecule has 14 heavy (non-hydrogen) atoms. The van der Waals surface area contributed by atoms with Gasteiger partial charge in [-0.3, -0.25) is 4.79 Å². The van der Waals surface area contributed by atoms with Crippen LogP contribution in [-0.4, -0.2) is 18.0 Å². The Morgan fingerprint density at radius 2 is 2.43 bits per heavy atom. The van der Waals surface area contributed by atoms with Crippen LogP contribution in [0, 0.1) is 0 Å². The van der Waals surface area contributed by atoms with E-state index in [2.05, 4.69) is 4.98 Å². The second-order valence-corrected chi connectivity index (χ2v) is 2.68. The third-order valence-electron chi connectivity index (χ3n) is 1.83. The van der Waals surface area contributed by atoms with Gasteiger partial charge >= 0.3 is 0 Å². The summed E-state index contributed by atoms with van der Waals surface area (Å²) in [7, 11) is 1.44. The molecule has 5 heteroatoms. The Labute approximate surface area is 79.5 Å². The number of methoxy groups -OCH3 is 1. The van der Waals surface area contributed by atoms with Gasteiger partial charge in [-0.05, 0) is 12.1 Å². The molecule has 0 bridgehead atoms. The Morgan fingerprint density at radius 3 is 3.07 bits per heavy atom. The molecule has 0 saturated carbocycles. The maximum absolute atomic E-state index is 11.0. The molecule has 0 saturated heterocycles. The number of fused-ring (bicyclic) bond motifs is 1. The Morgan fingerprint density at radius 1 is 1.64 bits per heavy atom. The highest BCUT2D eigenvalue weighted by Gasteiger charge is 2.19. The number of nitrogens with two attached hydrogens (primary N) is 1. The van der Waals surface area contributed by atoms with Crippen molar-refractivity contribution in [2.75, 3.05) is 7.11 Å². The van der Waals surface area contributed by atoms with Gasteiger partial charge < -0.3 is 14.9 Å². The fourth-order valence-corrected chi connectivity index (χ4v) is 1.26. The molecular formula is C9H8N2O3. The van der Waals surface area contributed by atoms with E-state index in [-0.39, 0.29) is 11.5 Å². The van der Waals surface area contributed by atoms with Gasteiger partial charge in [-0.25, -0.2) is 4.98 Å². The van der Waals surface area contributed by atoms with E-state index in [1.807, 2.05) is 0 Å². The van der Waals surface area contributed by atoms with Crippen molar-refractivity contribution in [3.05, 3.63) is 24.1 Å². The van der Waals surface area contributed by atoms with E-state index in [1.54, 1.807) is 18.3 Å². The maximum Gasteiger partial charge on any atom is 0.288 e. The molecule has 5 nitrogen and oxygen atoms in total. The highest BCUT2D eigenvalue weighted by atomic mass is 16.5. The van der Waals surface area contributed by atoms with Crippen LogP contribution >= 0.6 is 0 Å². The molecule has 0 atom stereocenters. The minimum Gasteiger partial charge on any atom is -0.491 e. The zero-order chi connectivity index (χ0) is 10.1. The normalized spacial score (nSPS) is 10.4. The van der Waals surface area contributed by atoms with Crippen molar-refractivity contribution in [1.29, 1.82) is 0 Å². The number of ether oxygens (including phenoxy) is 1. The molecule has 1 amide bonds. The molecule has 2 N–H and O–H groups in total. The molecule has 0 radical (unpaired) electrons. The van der Waals surface area contributed by atoms with Gasteiger partial charge in [0.25, 0.3) is 5.91 Å². The molecule has 0 aliphatic heterocycles. The van der Waals surface area contributed by atoms with Gasteiger partial charge in [-0.15, -0.1) is 0 Å². The molecule has 0 aliphatic carbocycles. The quantitative estimate of drug-likeness (QED) is 0.767. The summed E-state index contributed by atoms with van der Waals surface area (Å²) in [5.74, 6) is -0.380. The number of hydrogen-bond donors (Lipinski definition) is 1. The minimum absolute atomic E-state index is 0.00111. The van der Waals surface area contributed by atoms with Crippen molar-refractivity contribution in [3.8, 4) is 5.75 Å². The summed E-state index contributed by atoms with van der Waals surface area (Å²) in [4.78, 5) is 15.0. The molecule has 0 unspecified atom stereocenters. The fourth-order valence-electron chi connectivity index (χ4n) is 1.26. The largest absolute Gasteiger partial charge is 0.491 e. The summed E-state index contributed by atoms with van der Waals surface area (Å²) in [6.45, 7) is 0. The summed E-state index contributed by atoms with van der Waals surface area (Å²) in [5, 5.41) is 0. The summed E-state index contributed by atoms with van der Waals surface area (Å²) in [6, 6.07) is 3.40. The van der Waals surface area contributed by atoms with Crippen LogP contribution in [0.1, 0.15) is 10.6 Å². The standard InChI is InChI=1S/C9H8N2O3/c1-13-7-6-5(3-2-4-11-6)14-8(7)9(10)12/h2-4H,1H3,(H2,10,12). The predicted molar refractivity (Wildman–Crippen MR) is 49.1 cm³/mol. The first-order valence-electron chi connectivity index (χ1n) is 3.95. The predicted octanol–water partition coefficient (Wildman–Crippen LogP) is 0.935. The van der Waals surface area contributed by atoms with E-state index in [0.29, 0.717) is 11.1 Å². The van der Waals surface area contributed by atoms with Crippen molar-refractivity contribution in [3.63, 3.8) is 0 Å². The molecule has 2 aromatic rings. The van der Waals surface area contributed by atoms with Gasteiger partial charge in [0.2, 0.25) is 5.76 Å². The van der Waals surface area contributed by atoms with Crippen LogP contribution < -0.4 is 10.5 Å². The first kappa shape index (κ1) is 8.55. The topological polar surface area (TPSA) is 78.4 Å². The minimum atomic E-state index is -0.667. The number of carbonyl (C=O) groups is 1. The third-order valence-corrected chi connectivity index (χ3v) is 1.83. The zero-order valence-electron chi connectivity index (χ0n) is 7.48. The summed E-state index contributed by atoms with van der Waals surface area (Å²) < 4.78 is 10.2. The van der Waals surface area contributed by atoms with Gasteiger partial charge in [0.1, 0.15) is 0 Å². The van der Waals surface area contributed by atoms with Crippen LogP contribution in [-0.2, 0) is 0 Å². The summed E-state index contributed by atoms with van der Waals surface area (Å²) in [6.07, 6.45) is 1.59. The molecule has 0 aromatic carbocycles. The van der Waals surface area contributed by atoms with Gasteiger partial charge in [0, 0.05) is 6.20 Å². The number of furan rings is 1. The molecule has 0 spiro atoms. The van der Waals surface area contributed by atoms with Crippen LogP contribution in [0.2, 0.25) is 0 Å². The molecule has 2 aromatic heterocycles. The molecule has 0 fully saturated rings. The van der Waals surface area contributed by atoms with Gasteiger partial charge in [-0.1, -0.05) is 0 Å². The van der Waals surface area contributed by atoms with Gasteiger partial charge in [-0.2, -0.15) is 0 Å². The van der Waals surface area contributed by atoms with E-state index < -0.39 is 5.91 Å². The van der Waals surface area contributed by atoms with E-state index in [0.717, 1.165) is 0 Å². The zero-order valence-corrected chi connectivity index (χ0v) is 7.48. The van der Waals surface area contributed by atoms with E-state index in [9.17, 15) is 4.79 Å². The monoisotopic (exact) mass is 192 g/mol. The molecule has 2 rings (SSSR count). The lowest BCUT2D eigenvalue weighted by Gasteiger charge is -1.95. The highest BCUT2D eigenvalue weighted by Crippen LogP contribution is 2.30. The van der Waals surface area contributed by atoms with Crippen LogP contribution in [0.4, 0.5) is 0 Å². The lowest BCUT2D eigenvalue weighted by molar-refractivity contribution is 0.0972. The fraction of sp³-hybridized carbons (Fsp3) is 0.111. The number of amides is 1. The number of primary amides is 1. The average molecular weight is 192 g/mol. The number of pyridine rings is 1.